The summed E-state index contributed by atoms with van der Waals surface area (Å²) in [5.74, 6) is 1.39. The van der Waals surface area contributed by atoms with Gasteiger partial charge in [-0.25, -0.2) is 0 Å². The number of hydrogen-bond donors (Lipinski definition) is 1. The average Bonchev–Trinajstić information content (AvgIpc) is 3.18. The fourth-order valence-electron chi connectivity index (χ4n) is 2.73. The van der Waals surface area contributed by atoms with Crippen molar-refractivity contribution in [1.29, 1.82) is 0 Å². The molecule has 2 aromatic carbocycles. The van der Waals surface area contributed by atoms with Gasteiger partial charge in [-0.15, -0.1) is 0 Å². The van der Waals surface area contributed by atoms with Crippen LogP contribution in [0.15, 0.2) is 53.1 Å². The summed E-state index contributed by atoms with van der Waals surface area (Å²) >= 11 is 0. The molecule has 0 bridgehead atoms. The molecular weight excluding hydrogens is 354 g/mol. The summed E-state index contributed by atoms with van der Waals surface area (Å²) in [7, 11) is 1.61. The SMILES string of the molecule is COc1ccc(-c2noc([C@H](C)NC(=O)c3ccc(C(C)(C)C)cc3)n2)cc1. The minimum absolute atomic E-state index is 0.0455. The van der Waals surface area contributed by atoms with Crippen molar-refractivity contribution in [3.63, 3.8) is 0 Å². The minimum atomic E-state index is -0.408. The molecule has 0 aliphatic heterocycles. The van der Waals surface area contributed by atoms with Gasteiger partial charge in [0.25, 0.3) is 5.91 Å². The van der Waals surface area contributed by atoms with Crippen LogP contribution in [-0.4, -0.2) is 23.2 Å². The van der Waals surface area contributed by atoms with E-state index in [0.717, 1.165) is 11.3 Å². The van der Waals surface area contributed by atoms with Gasteiger partial charge in [0.15, 0.2) is 0 Å². The van der Waals surface area contributed by atoms with E-state index >= 15 is 0 Å². The second kappa shape index (κ2) is 7.84. The van der Waals surface area contributed by atoms with E-state index in [1.54, 1.807) is 7.11 Å². The molecule has 3 aromatic rings. The first-order valence-electron chi connectivity index (χ1n) is 9.17. The Hall–Kier alpha value is -3.15. The normalized spacial score (nSPS) is 12.5. The van der Waals surface area contributed by atoms with Crippen LogP contribution in [0, 0.1) is 0 Å². The number of methoxy groups -OCH3 is 1. The Morgan fingerprint density at radius 2 is 1.71 bits per heavy atom. The number of carbonyl (C=O) groups is 1. The molecule has 28 heavy (non-hydrogen) atoms. The van der Waals surface area contributed by atoms with Crippen molar-refractivity contribution in [2.75, 3.05) is 7.11 Å². The average molecular weight is 379 g/mol. The number of rotatable bonds is 5. The van der Waals surface area contributed by atoms with Crippen molar-refractivity contribution in [3.8, 4) is 17.1 Å². The van der Waals surface area contributed by atoms with Crippen LogP contribution in [-0.2, 0) is 5.41 Å². The largest absolute Gasteiger partial charge is 0.497 e. The molecule has 1 atom stereocenters. The second-order valence-electron chi connectivity index (χ2n) is 7.71. The van der Waals surface area contributed by atoms with Crippen LogP contribution < -0.4 is 10.1 Å². The van der Waals surface area contributed by atoms with E-state index in [1.807, 2.05) is 55.5 Å². The maximum Gasteiger partial charge on any atom is 0.251 e. The van der Waals surface area contributed by atoms with Gasteiger partial charge in [0, 0.05) is 11.1 Å². The molecule has 0 aliphatic carbocycles. The smallest absolute Gasteiger partial charge is 0.251 e. The summed E-state index contributed by atoms with van der Waals surface area (Å²) in [5.41, 5.74) is 2.63. The highest BCUT2D eigenvalue weighted by molar-refractivity contribution is 5.94. The molecule has 0 unspecified atom stereocenters. The van der Waals surface area contributed by atoms with Gasteiger partial charge < -0.3 is 14.6 Å². The lowest BCUT2D eigenvalue weighted by Crippen LogP contribution is -2.27. The van der Waals surface area contributed by atoms with Crippen molar-refractivity contribution in [2.24, 2.45) is 0 Å². The number of nitrogens with one attached hydrogen (secondary N) is 1. The number of carbonyl (C=O) groups excluding carboxylic acids is 1. The zero-order chi connectivity index (χ0) is 20.3. The Morgan fingerprint density at radius 1 is 1.07 bits per heavy atom. The monoisotopic (exact) mass is 379 g/mol. The number of aromatic nitrogens is 2. The zero-order valence-electron chi connectivity index (χ0n) is 16.8. The van der Waals surface area contributed by atoms with Crippen molar-refractivity contribution in [2.45, 2.75) is 39.2 Å². The molecule has 0 aliphatic rings. The molecule has 3 rings (SSSR count). The molecule has 6 nitrogen and oxygen atoms in total. The predicted molar refractivity (Wildman–Crippen MR) is 107 cm³/mol. The molecule has 146 valence electrons. The fourth-order valence-corrected chi connectivity index (χ4v) is 2.73. The Bertz CT molecular complexity index is 938. The van der Waals surface area contributed by atoms with Gasteiger partial charge >= 0.3 is 0 Å². The van der Waals surface area contributed by atoms with Crippen molar-refractivity contribution >= 4 is 5.91 Å². The quantitative estimate of drug-likeness (QED) is 0.704. The summed E-state index contributed by atoms with van der Waals surface area (Å²) < 4.78 is 10.5. The Kier molecular flexibility index (Phi) is 5.49. The van der Waals surface area contributed by atoms with Crippen LogP contribution in [0.5, 0.6) is 5.75 Å². The third-order valence-electron chi connectivity index (χ3n) is 4.52. The van der Waals surface area contributed by atoms with E-state index in [-0.39, 0.29) is 11.3 Å². The zero-order valence-corrected chi connectivity index (χ0v) is 16.8. The molecule has 0 spiro atoms. The first-order valence-corrected chi connectivity index (χ1v) is 9.17. The maximum atomic E-state index is 12.5. The maximum absolute atomic E-state index is 12.5. The Morgan fingerprint density at radius 3 is 2.29 bits per heavy atom. The van der Waals surface area contributed by atoms with Gasteiger partial charge in [0.1, 0.15) is 11.8 Å². The van der Waals surface area contributed by atoms with Gasteiger partial charge in [-0.1, -0.05) is 38.1 Å². The first-order chi connectivity index (χ1) is 13.3. The first kappa shape index (κ1) is 19.6. The van der Waals surface area contributed by atoms with Crippen LogP contribution in [0.1, 0.15) is 55.5 Å². The van der Waals surface area contributed by atoms with Crippen LogP contribution in [0.4, 0.5) is 0 Å². The lowest BCUT2D eigenvalue weighted by atomic mass is 9.86. The van der Waals surface area contributed by atoms with E-state index < -0.39 is 6.04 Å². The molecule has 6 heteroatoms. The summed E-state index contributed by atoms with van der Waals surface area (Å²) in [6.07, 6.45) is 0. The van der Waals surface area contributed by atoms with E-state index in [1.165, 1.54) is 5.56 Å². The van der Waals surface area contributed by atoms with Gasteiger partial charge in [-0.2, -0.15) is 4.98 Å². The molecule has 0 saturated heterocycles. The number of ether oxygens (including phenoxy) is 1. The highest BCUT2D eigenvalue weighted by atomic mass is 16.5. The topological polar surface area (TPSA) is 77.3 Å². The molecule has 0 fully saturated rings. The summed E-state index contributed by atoms with van der Waals surface area (Å²) in [4.78, 5) is 16.9. The highest BCUT2D eigenvalue weighted by Gasteiger charge is 2.19. The van der Waals surface area contributed by atoms with Crippen LogP contribution in [0.3, 0.4) is 0 Å². The number of nitrogens with zero attached hydrogens (tertiary/aromatic N) is 2. The molecule has 0 radical (unpaired) electrons. The van der Waals surface area contributed by atoms with Gasteiger partial charge in [0.05, 0.1) is 7.11 Å². The van der Waals surface area contributed by atoms with Gasteiger partial charge in [0.2, 0.25) is 11.7 Å². The van der Waals surface area contributed by atoms with Crippen molar-refractivity contribution < 1.29 is 14.1 Å². The Balaban J connectivity index is 1.68. The molecule has 1 aromatic heterocycles. The van der Waals surface area contributed by atoms with Crippen molar-refractivity contribution in [3.05, 3.63) is 65.5 Å². The summed E-state index contributed by atoms with van der Waals surface area (Å²) in [6.45, 7) is 8.23. The number of amides is 1. The summed E-state index contributed by atoms with van der Waals surface area (Å²) in [6, 6.07) is 14.6. The number of benzene rings is 2. The van der Waals surface area contributed by atoms with Gasteiger partial charge in [-0.3, -0.25) is 4.79 Å². The van der Waals surface area contributed by atoms with Crippen molar-refractivity contribution in [1.82, 2.24) is 15.5 Å². The fraction of sp³-hybridized carbons (Fsp3) is 0.318. The van der Waals surface area contributed by atoms with Crippen LogP contribution in [0.2, 0.25) is 0 Å². The standard InChI is InChI=1S/C22H25N3O3/c1-14(23-20(26)16-6-10-17(11-7-16)22(2,3)4)21-24-19(25-28-21)15-8-12-18(27-5)13-9-15/h6-14H,1-5H3,(H,23,26)/t14-/m0/s1. The lowest BCUT2D eigenvalue weighted by molar-refractivity contribution is 0.0932. The Labute approximate surface area is 164 Å². The highest BCUT2D eigenvalue weighted by Crippen LogP contribution is 2.23. The van der Waals surface area contributed by atoms with E-state index in [9.17, 15) is 4.79 Å². The van der Waals surface area contributed by atoms with Gasteiger partial charge in [-0.05, 0) is 54.3 Å². The van der Waals surface area contributed by atoms with E-state index in [0.29, 0.717) is 17.3 Å². The lowest BCUT2D eigenvalue weighted by Gasteiger charge is -2.19. The molecular formula is C22H25N3O3. The minimum Gasteiger partial charge on any atom is -0.497 e. The molecule has 1 N–H and O–H groups in total. The van der Waals surface area contributed by atoms with Crippen LogP contribution in [0.25, 0.3) is 11.4 Å². The molecule has 1 heterocycles. The second-order valence-corrected chi connectivity index (χ2v) is 7.71. The van der Waals surface area contributed by atoms with E-state index in [4.69, 9.17) is 9.26 Å². The third-order valence-corrected chi connectivity index (χ3v) is 4.52. The summed E-state index contributed by atoms with van der Waals surface area (Å²) in [5, 5.41) is 6.90. The third kappa shape index (κ3) is 4.39. The number of hydrogen-bond acceptors (Lipinski definition) is 5. The molecule has 0 saturated carbocycles. The van der Waals surface area contributed by atoms with Crippen LogP contribution >= 0.6 is 0 Å². The molecule has 1 amide bonds. The van der Waals surface area contributed by atoms with E-state index in [2.05, 4.69) is 36.2 Å². The predicted octanol–water partition coefficient (Wildman–Crippen LogP) is 4.53.